The summed E-state index contributed by atoms with van der Waals surface area (Å²) in [7, 11) is -3.13. The Bertz CT molecular complexity index is 616. The highest BCUT2D eigenvalue weighted by atomic mass is 32.2. The molecule has 0 aliphatic carbocycles. The average Bonchev–Trinajstić information content (AvgIpc) is 2.61. The van der Waals surface area contributed by atoms with Crippen LogP contribution in [-0.4, -0.2) is 19.2 Å². The van der Waals surface area contributed by atoms with Crippen molar-refractivity contribution in [1.82, 2.24) is 4.98 Å². The van der Waals surface area contributed by atoms with Crippen LogP contribution in [0.25, 0.3) is 11.1 Å². The molecule has 1 aromatic heterocycles. The van der Waals surface area contributed by atoms with Gasteiger partial charge in [0, 0.05) is 5.75 Å². The standard InChI is InChI=1S/C10H12N2O3S/c1-2-16(13,14)6-9-12-10-7(11)4-3-5-8(10)15-9/h3-5H,2,6,11H2,1H3. The minimum absolute atomic E-state index is 0.0706. The Morgan fingerprint density at radius 2 is 2.19 bits per heavy atom. The molecule has 2 rings (SSSR count). The maximum absolute atomic E-state index is 11.4. The van der Waals surface area contributed by atoms with Gasteiger partial charge in [-0.2, -0.15) is 0 Å². The van der Waals surface area contributed by atoms with Crippen LogP contribution in [0.2, 0.25) is 0 Å². The Morgan fingerprint density at radius 3 is 2.81 bits per heavy atom. The van der Waals surface area contributed by atoms with Crippen LogP contribution in [0, 0.1) is 0 Å². The first kappa shape index (κ1) is 10.9. The molecule has 1 heterocycles. The molecule has 0 saturated heterocycles. The van der Waals surface area contributed by atoms with Crippen molar-refractivity contribution < 1.29 is 12.8 Å². The lowest BCUT2D eigenvalue weighted by atomic mass is 10.3. The van der Waals surface area contributed by atoms with Gasteiger partial charge >= 0.3 is 0 Å². The Kier molecular flexibility index (Phi) is 2.59. The van der Waals surface area contributed by atoms with Crippen LogP contribution in [0.1, 0.15) is 12.8 Å². The van der Waals surface area contributed by atoms with Crippen molar-refractivity contribution in [3.05, 3.63) is 24.1 Å². The average molecular weight is 240 g/mol. The first-order valence-corrected chi connectivity index (χ1v) is 6.68. The fourth-order valence-corrected chi connectivity index (χ4v) is 2.07. The predicted octanol–water partition coefficient (Wildman–Crippen LogP) is 1.34. The van der Waals surface area contributed by atoms with E-state index < -0.39 is 9.84 Å². The van der Waals surface area contributed by atoms with Crippen LogP contribution in [0.4, 0.5) is 5.69 Å². The number of oxazole rings is 1. The van der Waals surface area contributed by atoms with E-state index in [9.17, 15) is 8.42 Å². The Labute approximate surface area is 93.2 Å². The Morgan fingerprint density at radius 1 is 1.44 bits per heavy atom. The molecule has 0 bridgehead atoms. The lowest BCUT2D eigenvalue weighted by Crippen LogP contribution is -2.06. The highest BCUT2D eigenvalue weighted by Gasteiger charge is 2.15. The maximum Gasteiger partial charge on any atom is 0.210 e. The zero-order chi connectivity index (χ0) is 11.8. The molecule has 0 unspecified atom stereocenters. The molecule has 0 aliphatic rings. The molecule has 86 valence electrons. The quantitative estimate of drug-likeness (QED) is 0.818. The van der Waals surface area contributed by atoms with Gasteiger partial charge in [-0.15, -0.1) is 0 Å². The molecule has 2 N–H and O–H groups in total. The largest absolute Gasteiger partial charge is 0.439 e. The molecule has 0 spiro atoms. The van der Waals surface area contributed by atoms with E-state index in [1.807, 2.05) is 0 Å². The summed E-state index contributed by atoms with van der Waals surface area (Å²) in [5.41, 5.74) is 7.21. The summed E-state index contributed by atoms with van der Waals surface area (Å²) >= 11 is 0. The van der Waals surface area contributed by atoms with Gasteiger partial charge in [0.05, 0.1) is 5.69 Å². The summed E-state index contributed by atoms with van der Waals surface area (Å²) in [6.45, 7) is 1.59. The van der Waals surface area contributed by atoms with Crippen molar-refractivity contribution in [3.63, 3.8) is 0 Å². The highest BCUT2D eigenvalue weighted by Crippen LogP contribution is 2.22. The Balaban J connectivity index is 2.45. The molecule has 0 atom stereocenters. The van der Waals surface area contributed by atoms with E-state index in [1.165, 1.54) is 0 Å². The number of rotatable bonds is 3. The maximum atomic E-state index is 11.4. The number of fused-ring (bicyclic) bond motifs is 1. The number of para-hydroxylation sites is 1. The van der Waals surface area contributed by atoms with E-state index in [0.29, 0.717) is 16.8 Å². The van der Waals surface area contributed by atoms with Gasteiger partial charge in [0.2, 0.25) is 5.89 Å². The third-order valence-corrected chi connectivity index (χ3v) is 3.84. The van der Waals surface area contributed by atoms with Crippen LogP contribution < -0.4 is 5.73 Å². The number of benzene rings is 1. The number of hydrogen-bond acceptors (Lipinski definition) is 5. The third kappa shape index (κ3) is 2.01. The van der Waals surface area contributed by atoms with Crippen LogP contribution in [-0.2, 0) is 15.6 Å². The molecule has 0 fully saturated rings. The van der Waals surface area contributed by atoms with E-state index in [4.69, 9.17) is 10.2 Å². The Hall–Kier alpha value is -1.56. The summed E-state index contributed by atoms with van der Waals surface area (Å²) in [6, 6.07) is 5.14. The van der Waals surface area contributed by atoms with E-state index in [-0.39, 0.29) is 17.4 Å². The fourth-order valence-electron chi connectivity index (χ4n) is 1.37. The van der Waals surface area contributed by atoms with Crippen molar-refractivity contribution in [1.29, 1.82) is 0 Å². The normalized spacial score (nSPS) is 12.1. The number of nitrogen functional groups attached to an aromatic ring is 1. The molecular weight excluding hydrogens is 228 g/mol. The van der Waals surface area contributed by atoms with Crippen molar-refractivity contribution in [3.8, 4) is 0 Å². The third-order valence-electron chi connectivity index (χ3n) is 2.28. The van der Waals surface area contributed by atoms with E-state index >= 15 is 0 Å². The first-order chi connectivity index (χ1) is 7.52. The highest BCUT2D eigenvalue weighted by molar-refractivity contribution is 7.90. The van der Waals surface area contributed by atoms with Gasteiger partial charge in [-0.1, -0.05) is 13.0 Å². The summed E-state index contributed by atoms with van der Waals surface area (Å²) in [4.78, 5) is 4.07. The van der Waals surface area contributed by atoms with Gasteiger partial charge in [0.25, 0.3) is 0 Å². The second-order valence-electron chi connectivity index (χ2n) is 3.48. The van der Waals surface area contributed by atoms with Crippen LogP contribution >= 0.6 is 0 Å². The molecule has 16 heavy (non-hydrogen) atoms. The number of hydrogen-bond donors (Lipinski definition) is 1. The van der Waals surface area contributed by atoms with Crippen LogP contribution in [0.15, 0.2) is 22.6 Å². The monoisotopic (exact) mass is 240 g/mol. The number of nitrogens with zero attached hydrogens (tertiary/aromatic N) is 1. The van der Waals surface area contributed by atoms with E-state index in [0.717, 1.165) is 0 Å². The van der Waals surface area contributed by atoms with Crippen molar-refractivity contribution in [2.75, 3.05) is 11.5 Å². The number of sulfone groups is 1. The van der Waals surface area contributed by atoms with Gasteiger partial charge in [-0.25, -0.2) is 13.4 Å². The molecule has 2 aromatic rings. The van der Waals surface area contributed by atoms with Crippen molar-refractivity contribution in [2.24, 2.45) is 0 Å². The minimum atomic E-state index is -3.13. The zero-order valence-electron chi connectivity index (χ0n) is 8.80. The van der Waals surface area contributed by atoms with Gasteiger partial charge in [0.1, 0.15) is 11.3 Å². The second kappa shape index (κ2) is 3.79. The van der Waals surface area contributed by atoms with Gasteiger partial charge in [0.15, 0.2) is 15.4 Å². The van der Waals surface area contributed by atoms with Crippen molar-refractivity contribution >= 4 is 26.6 Å². The van der Waals surface area contributed by atoms with E-state index in [2.05, 4.69) is 4.98 Å². The van der Waals surface area contributed by atoms with Gasteiger partial charge < -0.3 is 10.2 Å². The molecular formula is C10H12N2O3S. The van der Waals surface area contributed by atoms with Gasteiger partial charge in [-0.3, -0.25) is 0 Å². The summed E-state index contributed by atoms with van der Waals surface area (Å²) in [6.07, 6.45) is 0. The molecule has 5 nitrogen and oxygen atoms in total. The molecule has 6 heteroatoms. The van der Waals surface area contributed by atoms with Crippen molar-refractivity contribution in [2.45, 2.75) is 12.7 Å². The lowest BCUT2D eigenvalue weighted by Gasteiger charge is -1.94. The molecule has 0 amide bonds. The first-order valence-electron chi connectivity index (χ1n) is 4.86. The zero-order valence-corrected chi connectivity index (χ0v) is 9.62. The van der Waals surface area contributed by atoms with E-state index in [1.54, 1.807) is 25.1 Å². The number of anilines is 1. The SMILES string of the molecule is CCS(=O)(=O)Cc1nc2c(N)cccc2o1. The summed E-state index contributed by atoms with van der Waals surface area (Å²) in [5, 5.41) is 0. The van der Waals surface area contributed by atoms with Gasteiger partial charge in [-0.05, 0) is 12.1 Å². The minimum Gasteiger partial charge on any atom is -0.439 e. The topological polar surface area (TPSA) is 86.2 Å². The second-order valence-corrected chi connectivity index (χ2v) is 5.83. The predicted molar refractivity (Wildman–Crippen MR) is 61.6 cm³/mol. The molecule has 0 radical (unpaired) electrons. The molecule has 0 saturated carbocycles. The number of nitrogens with two attached hydrogens (primary N) is 1. The van der Waals surface area contributed by atoms with Crippen LogP contribution in [0.5, 0.6) is 0 Å². The molecule has 0 aliphatic heterocycles. The summed E-state index contributed by atoms with van der Waals surface area (Å²) < 4.78 is 28.1. The lowest BCUT2D eigenvalue weighted by molar-refractivity contribution is 0.540. The smallest absolute Gasteiger partial charge is 0.210 e. The van der Waals surface area contributed by atoms with Crippen LogP contribution in [0.3, 0.4) is 0 Å². The molecule has 1 aromatic carbocycles. The fraction of sp³-hybridized carbons (Fsp3) is 0.300. The number of aromatic nitrogens is 1. The summed E-state index contributed by atoms with van der Waals surface area (Å²) in [5.74, 6) is 0.0773.